The summed E-state index contributed by atoms with van der Waals surface area (Å²) in [4.78, 5) is 8.71. The second kappa shape index (κ2) is 5.73. The minimum atomic E-state index is -0.657. The third kappa shape index (κ3) is 3.00. The molecule has 1 heterocycles. The molecule has 21 heavy (non-hydrogen) atoms. The van der Waals surface area contributed by atoms with Gasteiger partial charge in [0.05, 0.1) is 35.2 Å². The Morgan fingerprint density at radius 3 is 2.62 bits per heavy atom. The summed E-state index contributed by atoms with van der Waals surface area (Å²) in [6, 6.07) is 9.54. The molecule has 3 nitrogen and oxygen atoms in total. The van der Waals surface area contributed by atoms with Crippen LogP contribution in [-0.4, -0.2) is 9.97 Å². The van der Waals surface area contributed by atoms with E-state index in [4.69, 9.17) is 0 Å². The average molecular weight is 350 g/mol. The van der Waals surface area contributed by atoms with Crippen LogP contribution < -0.4 is 5.32 Å². The van der Waals surface area contributed by atoms with Crippen molar-refractivity contribution in [2.45, 2.75) is 6.54 Å². The average Bonchev–Trinajstić information content (AvgIpc) is 2.46. The first kappa shape index (κ1) is 13.9. The van der Waals surface area contributed by atoms with Crippen LogP contribution in [0.15, 0.2) is 47.1 Å². The van der Waals surface area contributed by atoms with Gasteiger partial charge in [0.15, 0.2) is 0 Å². The summed E-state index contributed by atoms with van der Waals surface area (Å²) < 4.78 is 27.1. The van der Waals surface area contributed by atoms with Crippen molar-refractivity contribution in [2.75, 3.05) is 5.32 Å². The zero-order valence-corrected chi connectivity index (χ0v) is 12.4. The molecule has 0 aliphatic carbocycles. The minimum Gasteiger partial charge on any atom is -0.376 e. The molecule has 0 saturated heterocycles. The molecule has 0 saturated carbocycles. The first-order valence-corrected chi connectivity index (χ1v) is 7.02. The Labute approximate surface area is 128 Å². The maximum atomic E-state index is 13.7. The number of halogens is 3. The molecule has 1 aromatic heterocycles. The monoisotopic (exact) mass is 349 g/mol. The van der Waals surface area contributed by atoms with Crippen LogP contribution in [0.5, 0.6) is 0 Å². The normalized spacial score (nSPS) is 10.8. The molecule has 1 N–H and O–H groups in total. The van der Waals surface area contributed by atoms with E-state index in [2.05, 4.69) is 31.2 Å². The summed E-state index contributed by atoms with van der Waals surface area (Å²) >= 11 is 3.13. The van der Waals surface area contributed by atoms with Gasteiger partial charge in [0.1, 0.15) is 11.6 Å². The van der Waals surface area contributed by atoms with Gasteiger partial charge < -0.3 is 5.32 Å². The molecular formula is C15H10BrF2N3. The summed E-state index contributed by atoms with van der Waals surface area (Å²) in [5, 5.41) is 2.90. The molecular weight excluding hydrogens is 340 g/mol. The van der Waals surface area contributed by atoms with Crippen LogP contribution in [-0.2, 0) is 6.54 Å². The van der Waals surface area contributed by atoms with Gasteiger partial charge in [-0.05, 0) is 34.1 Å². The number of nitrogens with one attached hydrogen (secondary N) is 1. The summed E-state index contributed by atoms with van der Waals surface area (Å²) in [7, 11) is 0. The van der Waals surface area contributed by atoms with Gasteiger partial charge in [-0.3, -0.25) is 4.98 Å². The van der Waals surface area contributed by atoms with Gasteiger partial charge in [-0.2, -0.15) is 0 Å². The van der Waals surface area contributed by atoms with Crippen LogP contribution in [0.3, 0.4) is 0 Å². The van der Waals surface area contributed by atoms with Crippen molar-refractivity contribution in [3.63, 3.8) is 0 Å². The number of nitrogens with zero attached hydrogens (tertiary/aromatic N) is 2. The number of rotatable bonds is 3. The predicted octanol–water partition coefficient (Wildman–Crippen LogP) is 4.28. The van der Waals surface area contributed by atoms with Gasteiger partial charge >= 0.3 is 0 Å². The molecule has 0 aliphatic rings. The van der Waals surface area contributed by atoms with Crippen LogP contribution in [0.2, 0.25) is 0 Å². The van der Waals surface area contributed by atoms with Crippen LogP contribution in [0, 0.1) is 11.6 Å². The SMILES string of the molecule is Fc1cc(F)c(NCc2cnc3ccccc3n2)c(Br)c1. The Morgan fingerprint density at radius 2 is 1.86 bits per heavy atom. The van der Waals surface area contributed by atoms with E-state index in [9.17, 15) is 8.78 Å². The maximum Gasteiger partial charge on any atom is 0.150 e. The van der Waals surface area contributed by atoms with Gasteiger partial charge in [-0.1, -0.05) is 12.1 Å². The number of para-hydroxylation sites is 2. The fraction of sp³-hybridized carbons (Fsp3) is 0.0667. The molecule has 0 atom stereocenters. The van der Waals surface area contributed by atoms with E-state index >= 15 is 0 Å². The summed E-state index contributed by atoms with van der Waals surface area (Å²) in [6.07, 6.45) is 1.63. The lowest BCUT2D eigenvalue weighted by Crippen LogP contribution is -2.05. The number of hydrogen-bond donors (Lipinski definition) is 1. The number of hydrogen-bond acceptors (Lipinski definition) is 3. The number of aromatic nitrogens is 2. The first-order chi connectivity index (χ1) is 10.1. The Morgan fingerprint density at radius 1 is 1.10 bits per heavy atom. The molecule has 0 spiro atoms. The lowest BCUT2D eigenvalue weighted by molar-refractivity contribution is 0.583. The fourth-order valence-corrected chi connectivity index (χ4v) is 2.52. The van der Waals surface area contributed by atoms with Gasteiger partial charge in [-0.25, -0.2) is 13.8 Å². The number of benzene rings is 2. The molecule has 2 aromatic carbocycles. The Hall–Kier alpha value is -2.08. The van der Waals surface area contributed by atoms with Crippen molar-refractivity contribution in [3.8, 4) is 0 Å². The standard InChI is InChI=1S/C15H10BrF2N3/c16-11-5-9(17)6-12(18)15(11)20-8-10-7-19-13-3-1-2-4-14(13)21-10/h1-7,20H,8H2. The van der Waals surface area contributed by atoms with Crippen molar-refractivity contribution >= 4 is 32.7 Å². The van der Waals surface area contributed by atoms with Crippen LogP contribution >= 0.6 is 15.9 Å². The van der Waals surface area contributed by atoms with E-state index in [1.807, 2.05) is 24.3 Å². The van der Waals surface area contributed by atoms with E-state index in [0.717, 1.165) is 17.1 Å². The summed E-state index contributed by atoms with van der Waals surface area (Å²) in [6.45, 7) is 0.291. The largest absolute Gasteiger partial charge is 0.376 e. The van der Waals surface area contributed by atoms with Crippen LogP contribution in [0.25, 0.3) is 11.0 Å². The first-order valence-electron chi connectivity index (χ1n) is 6.22. The fourth-order valence-electron chi connectivity index (χ4n) is 1.97. The van der Waals surface area contributed by atoms with Gasteiger partial charge in [0.2, 0.25) is 0 Å². The van der Waals surface area contributed by atoms with Crippen molar-refractivity contribution < 1.29 is 8.78 Å². The third-order valence-corrected chi connectivity index (χ3v) is 3.58. The van der Waals surface area contributed by atoms with E-state index in [1.54, 1.807) is 6.20 Å². The van der Waals surface area contributed by atoms with E-state index in [-0.39, 0.29) is 5.69 Å². The lowest BCUT2D eigenvalue weighted by Gasteiger charge is -2.10. The molecule has 6 heteroatoms. The molecule has 0 amide bonds. The smallest absolute Gasteiger partial charge is 0.150 e. The van der Waals surface area contributed by atoms with E-state index in [1.165, 1.54) is 6.07 Å². The maximum absolute atomic E-state index is 13.7. The van der Waals surface area contributed by atoms with Crippen LogP contribution in [0.1, 0.15) is 5.69 Å². The van der Waals surface area contributed by atoms with Gasteiger partial charge in [0, 0.05) is 10.5 Å². The zero-order chi connectivity index (χ0) is 14.8. The van der Waals surface area contributed by atoms with Crippen molar-refractivity contribution in [1.29, 1.82) is 0 Å². The van der Waals surface area contributed by atoms with Crippen molar-refractivity contribution in [2.24, 2.45) is 0 Å². The lowest BCUT2D eigenvalue weighted by atomic mass is 10.2. The highest BCUT2D eigenvalue weighted by atomic mass is 79.9. The number of anilines is 1. The molecule has 0 unspecified atom stereocenters. The highest BCUT2D eigenvalue weighted by Gasteiger charge is 2.09. The van der Waals surface area contributed by atoms with Crippen LogP contribution in [0.4, 0.5) is 14.5 Å². The topological polar surface area (TPSA) is 37.8 Å². The molecule has 0 radical (unpaired) electrons. The quantitative estimate of drug-likeness (QED) is 0.766. The second-order valence-electron chi connectivity index (χ2n) is 4.45. The van der Waals surface area contributed by atoms with Crippen molar-refractivity contribution in [3.05, 3.63) is 64.4 Å². The third-order valence-electron chi connectivity index (χ3n) is 2.95. The summed E-state index contributed by atoms with van der Waals surface area (Å²) in [5.74, 6) is -1.29. The highest BCUT2D eigenvalue weighted by molar-refractivity contribution is 9.10. The molecule has 106 valence electrons. The van der Waals surface area contributed by atoms with Gasteiger partial charge in [0.25, 0.3) is 0 Å². The zero-order valence-electron chi connectivity index (χ0n) is 10.8. The second-order valence-corrected chi connectivity index (χ2v) is 5.30. The Kier molecular flexibility index (Phi) is 3.79. The van der Waals surface area contributed by atoms with Gasteiger partial charge in [-0.15, -0.1) is 0 Å². The molecule has 0 fully saturated rings. The van der Waals surface area contributed by atoms with Crippen molar-refractivity contribution in [1.82, 2.24) is 9.97 Å². The highest BCUT2D eigenvalue weighted by Crippen LogP contribution is 2.27. The molecule has 0 aliphatic heterocycles. The predicted molar refractivity (Wildman–Crippen MR) is 80.9 cm³/mol. The molecule has 3 aromatic rings. The van der Waals surface area contributed by atoms with E-state index in [0.29, 0.717) is 16.7 Å². The van der Waals surface area contributed by atoms with E-state index < -0.39 is 11.6 Å². The number of fused-ring (bicyclic) bond motifs is 1. The molecule has 3 rings (SSSR count). The Balaban J connectivity index is 1.83. The molecule has 0 bridgehead atoms. The minimum absolute atomic E-state index is 0.200. The summed E-state index contributed by atoms with van der Waals surface area (Å²) in [5.41, 5.74) is 2.45. The Bertz CT molecular complexity index is 785.